The molecular weight excluding hydrogens is 461 g/mol. The highest BCUT2D eigenvalue weighted by Crippen LogP contribution is 2.32. The minimum absolute atomic E-state index is 0.246. The zero-order chi connectivity index (χ0) is 24.5. The van der Waals surface area contributed by atoms with Crippen LogP contribution in [0.15, 0.2) is 48.5 Å². The zero-order valence-corrected chi connectivity index (χ0v) is 20.5. The van der Waals surface area contributed by atoms with Crippen LogP contribution in [-0.4, -0.2) is 65.9 Å². The van der Waals surface area contributed by atoms with Crippen LogP contribution in [0.3, 0.4) is 0 Å². The summed E-state index contributed by atoms with van der Waals surface area (Å²) in [5, 5.41) is 15.7. The van der Waals surface area contributed by atoms with Gasteiger partial charge in [-0.25, -0.2) is 9.07 Å². The van der Waals surface area contributed by atoms with E-state index in [0.717, 1.165) is 16.9 Å². The molecule has 0 bridgehead atoms. The summed E-state index contributed by atoms with van der Waals surface area (Å²) in [6, 6.07) is 13.2. The predicted molar refractivity (Wildman–Crippen MR) is 129 cm³/mol. The molecule has 3 rings (SSSR count). The molecule has 7 nitrogen and oxygen atoms in total. The van der Waals surface area contributed by atoms with Gasteiger partial charge in [0, 0.05) is 44.4 Å². The second kappa shape index (κ2) is 12.8. The van der Waals surface area contributed by atoms with Crippen LogP contribution in [0.2, 0.25) is 5.02 Å². The lowest BCUT2D eigenvalue weighted by Crippen LogP contribution is -2.36. The van der Waals surface area contributed by atoms with E-state index in [1.807, 2.05) is 26.0 Å². The van der Waals surface area contributed by atoms with Crippen LogP contribution in [0.5, 0.6) is 11.6 Å². The molecule has 1 heterocycles. The van der Waals surface area contributed by atoms with E-state index in [2.05, 4.69) is 4.90 Å². The lowest BCUT2D eigenvalue weighted by atomic mass is 10.2. The number of aliphatic hydroxyl groups is 1. The standard InChI is InChI=1S/C25H31ClFN3O4/c1-4-33-17-22(31)15-29(12-13-32-3)16-24-18(2)28-30(21-10-8-19(26)9-11-21)25(24)34-23-7-5-6-20(27)14-23/h5-11,14,22,31H,4,12-13,15-17H2,1-3H3/t22-/m1/s1. The fourth-order valence-electron chi connectivity index (χ4n) is 3.51. The average Bonchev–Trinajstić information content (AvgIpc) is 3.11. The lowest BCUT2D eigenvalue weighted by Gasteiger charge is -2.25. The molecule has 0 unspecified atom stereocenters. The highest BCUT2D eigenvalue weighted by Gasteiger charge is 2.23. The van der Waals surface area contributed by atoms with Crippen LogP contribution < -0.4 is 4.74 Å². The van der Waals surface area contributed by atoms with E-state index in [0.29, 0.717) is 49.5 Å². The van der Waals surface area contributed by atoms with Gasteiger partial charge in [0.1, 0.15) is 11.6 Å². The second-order valence-electron chi connectivity index (χ2n) is 7.86. The number of methoxy groups -OCH3 is 1. The van der Waals surface area contributed by atoms with E-state index in [1.54, 1.807) is 36.1 Å². The second-order valence-corrected chi connectivity index (χ2v) is 8.29. The van der Waals surface area contributed by atoms with Gasteiger partial charge in [0.2, 0.25) is 5.88 Å². The van der Waals surface area contributed by atoms with Crippen molar-refractivity contribution in [1.82, 2.24) is 14.7 Å². The third-order valence-electron chi connectivity index (χ3n) is 5.20. The fraction of sp³-hybridized carbons (Fsp3) is 0.400. The topological polar surface area (TPSA) is 69.0 Å². The molecule has 1 aromatic heterocycles. The first-order valence-electron chi connectivity index (χ1n) is 11.2. The smallest absolute Gasteiger partial charge is 0.227 e. The molecule has 0 spiro atoms. The van der Waals surface area contributed by atoms with E-state index in [4.69, 9.17) is 30.9 Å². The quantitative estimate of drug-likeness (QED) is 0.376. The van der Waals surface area contributed by atoms with Crippen LogP contribution in [0, 0.1) is 12.7 Å². The summed E-state index contributed by atoms with van der Waals surface area (Å²) in [6.45, 7) is 6.47. The van der Waals surface area contributed by atoms with E-state index < -0.39 is 11.9 Å². The number of hydrogen-bond donors (Lipinski definition) is 1. The average molecular weight is 492 g/mol. The number of aromatic nitrogens is 2. The first-order chi connectivity index (χ1) is 16.4. The fourth-order valence-corrected chi connectivity index (χ4v) is 3.63. The summed E-state index contributed by atoms with van der Waals surface area (Å²) < 4.78 is 32.4. The maximum absolute atomic E-state index is 13.9. The van der Waals surface area contributed by atoms with Gasteiger partial charge in [-0.3, -0.25) is 4.90 Å². The molecule has 0 saturated heterocycles. The van der Waals surface area contributed by atoms with Crippen molar-refractivity contribution in [2.45, 2.75) is 26.5 Å². The van der Waals surface area contributed by atoms with Gasteiger partial charge >= 0.3 is 0 Å². The molecule has 0 aliphatic heterocycles. The Morgan fingerprint density at radius 1 is 1.21 bits per heavy atom. The molecule has 9 heteroatoms. The Morgan fingerprint density at radius 2 is 1.97 bits per heavy atom. The number of halogens is 2. The molecule has 0 amide bonds. The number of hydrogen-bond acceptors (Lipinski definition) is 6. The molecule has 0 aliphatic rings. The molecule has 184 valence electrons. The summed E-state index contributed by atoms with van der Waals surface area (Å²) in [7, 11) is 1.64. The van der Waals surface area contributed by atoms with Crippen LogP contribution in [0.1, 0.15) is 18.2 Å². The lowest BCUT2D eigenvalue weighted by molar-refractivity contribution is 0.0147. The first-order valence-corrected chi connectivity index (χ1v) is 11.5. The van der Waals surface area contributed by atoms with E-state index in [1.165, 1.54) is 12.1 Å². The molecule has 1 atom stereocenters. The van der Waals surface area contributed by atoms with E-state index in [-0.39, 0.29) is 6.61 Å². The molecule has 0 saturated carbocycles. The molecule has 0 radical (unpaired) electrons. The van der Waals surface area contributed by atoms with Crippen molar-refractivity contribution < 1.29 is 23.7 Å². The summed E-state index contributed by atoms with van der Waals surface area (Å²) in [4.78, 5) is 2.06. The van der Waals surface area contributed by atoms with Gasteiger partial charge < -0.3 is 19.3 Å². The Hall–Kier alpha value is -2.49. The largest absolute Gasteiger partial charge is 0.438 e. The number of rotatable bonds is 13. The van der Waals surface area contributed by atoms with Crippen molar-refractivity contribution >= 4 is 11.6 Å². The van der Waals surface area contributed by atoms with Gasteiger partial charge in [-0.15, -0.1) is 0 Å². The maximum atomic E-state index is 13.9. The van der Waals surface area contributed by atoms with Crippen LogP contribution >= 0.6 is 11.6 Å². The van der Waals surface area contributed by atoms with Gasteiger partial charge in [-0.1, -0.05) is 17.7 Å². The molecule has 2 aromatic carbocycles. The van der Waals surface area contributed by atoms with Crippen LogP contribution in [-0.2, 0) is 16.0 Å². The minimum Gasteiger partial charge on any atom is -0.438 e. The number of benzene rings is 2. The molecule has 0 aliphatic carbocycles. The van der Waals surface area contributed by atoms with Gasteiger partial charge in [0.05, 0.1) is 36.3 Å². The third-order valence-corrected chi connectivity index (χ3v) is 5.45. The van der Waals surface area contributed by atoms with Gasteiger partial charge in [0.15, 0.2) is 0 Å². The van der Waals surface area contributed by atoms with Crippen LogP contribution in [0.4, 0.5) is 4.39 Å². The predicted octanol–water partition coefficient (Wildman–Crippen LogP) is 4.61. The number of aliphatic hydroxyl groups excluding tert-OH is 1. The minimum atomic E-state index is -0.656. The number of nitrogens with zero attached hydrogens (tertiary/aromatic N) is 3. The highest BCUT2D eigenvalue weighted by molar-refractivity contribution is 6.30. The Labute approximate surface area is 204 Å². The van der Waals surface area contributed by atoms with Gasteiger partial charge in [-0.05, 0) is 50.2 Å². The van der Waals surface area contributed by atoms with Crippen molar-refractivity contribution in [2.24, 2.45) is 0 Å². The first kappa shape index (κ1) is 26.1. The molecule has 3 aromatic rings. The summed E-state index contributed by atoms with van der Waals surface area (Å²) in [6.07, 6.45) is -0.656. The van der Waals surface area contributed by atoms with Crippen molar-refractivity contribution in [3.8, 4) is 17.3 Å². The van der Waals surface area contributed by atoms with Crippen molar-refractivity contribution in [2.75, 3.05) is 40.0 Å². The maximum Gasteiger partial charge on any atom is 0.227 e. The Balaban J connectivity index is 1.97. The monoisotopic (exact) mass is 491 g/mol. The van der Waals surface area contributed by atoms with Crippen molar-refractivity contribution in [3.63, 3.8) is 0 Å². The van der Waals surface area contributed by atoms with E-state index >= 15 is 0 Å². The summed E-state index contributed by atoms with van der Waals surface area (Å²) >= 11 is 6.07. The number of ether oxygens (including phenoxy) is 3. The zero-order valence-electron chi connectivity index (χ0n) is 19.7. The summed E-state index contributed by atoms with van der Waals surface area (Å²) in [5.74, 6) is 0.428. The van der Waals surface area contributed by atoms with Crippen LogP contribution in [0.25, 0.3) is 5.69 Å². The molecule has 0 fully saturated rings. The van der Waals surface area contributed by atoms with Crippen molar-refractivity contribution in [3.05, 3.63) is 70.6 Å². The van der Waals surface area contributed by atoms with Gasteiger partial charge in [-0.2, -0.15) is 5.10 Å². The SMILES string of the molecule is CCOC[C@H](O)CN(CCOC)Cc1c(C)nn(-c2ccc(Cl)cc2)c1Oc1cccc(F)c1. The Morgan fingerprint density at radius 3 is 2.65 bits per heavy atom. The molecular formula is C25H31ClFN3O4. The van der Waals surface area contributed by atoms with Crippen molar-refractivity contribution in [1.29, 1.82) is 0 Å². The number of aryl methyl sites for hydroxylation is 1. The molecule has 34 heavy (non-hydrogen) atoms. The highest BCUT2D eigenvalue weighted by atomic mass is 35.5. The summed E-state index contributed by atoms with van der Waals surface area (Å²) in [5.41, 5.74) is 2.33. The Bertz CT molecular complexity index is 1050. The van der Waals surface area contributed by atoms with Gasteiger partial charge in [0.25, 0.3) is 0 Å². The third kappa shape index (κ3) is 7.25. The molecule has 1 N–H and O–H groups in total. The normalized spacial score (nSPS) is 12.3. The van der Waals surface area contributed by atoms with E-state index in [9.17, 15) is 9.50 Å². The Kier molecular flexibility index (Phi) is 9.86.